The summed E-state index contributed by atoms with van der Waals surface area (Å²) in [5.41, 5.74) is 1.14. The quantitative estimate of drug-likeness (QED) is 0.786. The number of rotatable bonds is 4. The molecule has 1 unspecified atom stereocenters. The van der Waals surface area contributed by atoms with E-state index < -0.39 is 0 Å². The van der Waals surface area contributed by atoms with Crippen molar-refractivity contribution in [1.29, 1.82) is 0 Å². The molecule has 4 heterocycles. The molecule has 0 saturated carbocycles. The first-order chi connectivity index (χ1) is 14.3. The van der Waals surface area contributed by atoms with Gasteiger partial charge in [-0.3, -0.25) is 9.69 Å². The van der Waals surface area contributed by atoms with Crippen molar-refractivity contribution < 1.29 is 14.3 Å². The van der Waals surface area contributed by atoms with E-state index in [0.717, 1.165) is 62.4 Å². The maximum Gasteiger partial charge on any atom is 0.237 e. The zero-order valence-electron chi connectivity index (χ0n) is 16.6. The number of hydrogen-bond donors (Lipinski definition) is 0. The SMILES string of the molecule is O=C(CN1CCC(n2cncn2)CC1)N1CCCC1c1ccc2c(c1)OCCO2. The third-order valence-corrected chi connectivity index (χ3v) is 6.25. The minimum absolute atomic E-state index is 0.131. The zero-order valence-corrected chi connectivity index (χ0v) is 16.6. The van der Waals surface area contributed by atoms with Crippen molar-refractivity contribution in [2.45, 2.75) is 37.8 Å². The first-order valence-corrected chi connectivity index (χ1v) is 10.5. The Bertz CT molecular complexity index is 848. The van der Waals surface area contributed by atoms with Crippen LogP contribution >= 0.6 is 0 Å². The number of carbonyl (C=O) groups excluding carboxylic acids is 1. The molecule has 1 atom stereocenters. The lowest BCUT2D eigenvalue weighted by Crippen LogP contribution is -2.43. The molecule has 0 bridgehead atoms. The molecule has 1 aromatic heterocycles. The van der Waals surface area contributed by atoms with Crippen LogP contribution < -0.4 is 9.47 Å². The van der Waals surface area contributed by atoms with Gasteiger partial charge in [0.1, 0.15) is 25.9 Å². The summed E-state index contributed by atoms with van der Waals surface area (Å²) in [5, 5.41) is 4.26. The number of piperidine rings is 1. The molecule has 0 radical (unpaired) electrons. The molecule has 29 heavy (non-hydrogen) atoms. The van der Waals surface area contributed by atoms with Gasteiger partial charge in [-0.25, -0.2) is 9.67 Å². The number of hydrogen-bond acceptors (Lipinski definition) is 6. The highest BCUT2D eigenvalue weighted by atomic mass is 16.6. The van der Waals surface area contributed by atoms with Crippen LogP contribution in [0.25, 0.3) is 0 Å². The second-order valence-corrected chi connectivity index (χ2v) is 8.03. The second-order valence-electron chi connectivity index (χ2n) is 8.03. The summed E-state index contributed by atoms with van der Waals surface area (Å²) in [7, 11) is 0. The number of ether oxygens (including phenoxy) is 2. The molecule has 0 N–H and O–H groups in total. The van der Waals surface area contributed by atoms with Gasteiger partial charge in [0, 0.05) is 19.6 Å². The summed E-state index contributed by atoms with van der Waals surface area (Å²) in [6.07, 6.45) is 7.42. The lowest BCUT2D eigenvalue weighted by Gasteiger charge is -2.33. The number of carbonyl (C=O) groups is 1. The van der Waals surface area contributed by atoms with Crippen molar-refractivity contribution in [2.75, 3.05) is 39.4 Å². The van der Waals surface area contributed by atoms with Crippen LogP contribution in [-0.2, 0) is 4.79 Å². The maximum absolute atomic E-state index is 13.1. The lowest BCUT2D eigenvalue weighted by atomic mass is 10.0. The Kier molecular flexibility index (Phi) is 5.10. The third-order valence-electron chi connectivity index (χ3n) is 6.25. The molecular formula is C21H27N5O3. The van der Waals surface area contributed by atoms with E-state index in [1.54, 1.807) is 12.7 Å². The van der Waals surface area contributed by atoms with E-state index in [1.807, 2.05) is 16.8 Å². The van der Waals surface area contributed by atoms with E-state index in [2.05, 4.69) is 25.9 Å². The van der Waals surface area contributed by atoms with Crippen LogP contribution in [0.15, 0.2) is 30.9 Å². The van der Waals surface area contributed by atoms with Crippen LogP contribution in [0.1, 0.15) is 43.3 Å². The van der Waals surface area contributed by atoms with Gasteiger partial charge in [0.05, 0.1) is 18.6 Å². The lowest BCUT2D eigenvalue weighted by molar-refractivity contribution is -0.133. The number of fused-ring (bicyclic) bond motifs is 1. The fourth-order valence-electron chi connectivity index (χ4n) is 4.71. The van der Waals surface area contributed by atoms with E-state index in [4.69, 9.17) is 9.47 Å². The van der Waals surface area contributed by atoms with Gasteiger partial charge in [-0.05, 0) is 43.4 Å². The number of benzene rings is 1. The molecule has 2 fully saturated rings. The summed E-state index contributed by atoms with van der Waals surface area (Å²) >= 11 is 0. The van der Waals surface area contributed by atoms with Crippen molar-refractivity contribution in [1.82, 2.24) is 24.6 Å². The summed E-state index contributed by atoms with van der Waals surface area (Å²) in [4.78, 5) is 21.5. The molecule has 3 aliphatic heterocycles. The molecule has 154 valence electrons. The first-order valence-electron chi connectivity index (χ1n) is 10.5. The summed E-state index contributed by atoms with van der Waals surface area (Å²) < 4.78 is 13.3. The molecule has 1 amide bonds. The highest BCUT2D eigenvalue weighted by Gasteiger charge is 2.32. The van der Waals surface area contributed by atoms with Crippen molar-refractivity contribution >= 4 is 5.91 Å². The van der Waals surface area contributed by atoms with E-state index in [-0.39, 0.29) is 11.9 Å². The van der Waals surface area contributed by atoms with Gasteiger partial charge in [0.25, 0.3) is 0 Å². The van der Waals surface area contributed by atoms with E-state index in [9.17, 15) is 4.79 Å². The summed E-state index contributed by atoms with van der Waals surface area (Å²) in [6.45, 7) is 4.32. The van der Waals surface area contributed by atoms with Crippen molar-refractivity contribution in [3.8, 4) is 11.5 Å². The van der Waals surface area contributed by atoms with E-state index in [1.165, 1.54) is 0 Å². The average Bonchev–Trinajstić information content (AvgIpc) is 3.46. The second kappa shape index (κ2) is 8.02. The van der Waals surface area contributed by atoms with Gasteiger partial charge >= 0.3 is 0 Å². The monoisotopic (exact) mass is 397 g/mol. The van der Waals surface area contributed by atoms with Crippen LogP contribution in [0, 0.1) is 0 Å². The van der Waals surface area contributed by atoms with Crippen molar-refractivity contribution in [2.24, 2.45) is 0 Å². The normalized spacial score (nSPS) is 22.8. The summed E-state index contributed by atoms with van der Waals surface area (Å²) in [5.74, 6) is 1.82. The number of nitrogens with zero attached hydrogens (tertiary/aromatic N) is 5. The molecule has 3 aliphatic rings. The molecule has 1 aromatic carbocycles. The first kappa shape index (κ1) is 18.4. The van der Waals surface area contributed by atoms with Crippen molar-refractivity contribution in [3.05, 3.63) is 36.4 Å². The van der Waals surface area contributed by atoms with Crippen LogP contribution in [0.2, 0.25) is 0 Å². The Morgan fingerprint density at radius 1 is 1.07 bits per heavy atom. The van der Waals surface area contributed by atoms with Crippen LogP contribution in [0.5, 0.6) is 11.5 Å². The minimum Gasteiger partial charge on any atom is -0.486 e. The number of likely N-dealkylation sites (tertiary alicyclic amines) is 2. The topological polar surface area (TPSA) is 72.7 Å². The molecule has 2 saturated heterocycles. The van der Waals surface area contributed by atoms with E-state index in [0.29, 0.717) is 25.8 Å². The zero-order chi connectivity index (χ0) is 19.6. The third kappa shape index (κ3) is 3.81. The van der Waals surface area contributed by atoms with Crippen molar-refractivity contribution in [3.63, 3.8) is 0 Å². The standard InChI is InChI=1S/C21H27N5O3/c27-21(13-24-8-5-17(6-9-24)26-15-22-14-23-26)25-7-1-2-18(25)16-3-4-19-20(12-16)29-11-10-28-19/h3-4,12,14-15,17-18H,1-2,5-11,13H2. The fraction of sp³-hybridized carbons (Fsp3) is 0.571. The largest absolute Gasteiger partial charge is 0.486 e. The Morgan fingerprint density at radius 3 is 2.69 bits per heavy atom. The van der Waals surface area contributed by atoms with Gasteiger partial charge in [-0.15, -0.1) is 0 Å². The Morgan fingerprint density at radius 2 is 1.90 bits per heavy atom. The predicted octanol–water partition coefficient (Wildman–Crippen LogP) is 2.05. The predicted molar refractivity (Wildman–Crippen MR) is 106 cm³/mol. The highest BCUT2D eigenvalue weighted by Crippen LogP contribution is 2.38. The van der Waals surface area contributed by atoms with Gasteiger partial charge in [-0.1, -0.05) is 6.07 Å². The molecule has 0 aliphatic carbocycles. The molecule has 0 spiro atoms. The minimum atomic E-state index is 0.131. The number of amides is 1. The Labute approximate surface area is 170 Å². The van der Waals surface area contributed by atoms with Gasteiger partial charge < -0.3 is 14.4 Å². The molecule has 5 rings (SSSR count). The fourth-order valence-corrected chi connectivity index (χ4v) is 4.71. The van der Waals surface area contributed by atoms with Crippen LogP contribution in [0.3, 0.4) is 0 Å². The van der Waals surface area contributed by atoms with Crippen LogP contribution in [0.4, 0.5) is 0 Å². The van der Waals surface area contributed by atoms with Gasteiger partial charge in [0.15, 0.2) is 11.5 Å². The molecule has 8 heteroatoms. The smallest absolute Gasteiger partial charge is 0.237 e. The summed E-state index contributed by atoms with van der Waals surface area (Å²) in [6, 6.07) is 6.62. The Hall–Kier alpha value is -2.61. The maximum atomic E-state index is 13.1. The highest BCUT2D eigenvalue weighted by molar-refractivity contribution is 5.79. The van der Waals surface area contributed by atoms with Gasteiger partial charge in [-0.2, -0.15) is 5.10 Å². The molecule has 8 nitrogen and oxygen atoms in total. The molecular weight excluding hydrogens is 370 g/mol. The van der Waals surface area contributed by atoms with Gasteiger partial charge in [0.2, 0.25) is 5.91 Å². The number of aromatic nitrogens is 3. The Balaban J connectivity index is 1.21. The van der Waals surface area contributed by atoms with E-state index >= 15 is 0 Å². The average molecular weight is 397 g/mol. The molecule has 2 aromatic rings. The van der Waals surface area contributed by atoms with Crippen LogP contribution in [-0.4, -0.2) is 69.9 Å².